The number of carbonyl (C=O) groups excluding carboxylic acids is 1. The molecule has 0 bridgehead atoms. The van der Waals surface area contributed by atoms with E-state index in [1.807, 2.05) is 37.3 Å². The van der Waals surface area contributed by atoms with Crippen molar-refractivity contribution in [2.45, 2.75) is 19.3 Å². The highest BCUT2D eigenvalue weighted by atomic mass is 16.6. The van der Waals surface area contributed by atoms with Crippen LogP contribution in [-0.4, -0.2) is 15.9 Å². The number of aromatic hydroxyl groups is 1. The van der Waals surface area contributed by atoms with E-state index in [1.165, 1.54) is 12.1 Å². The van der Waals surface area contributed by atoms with Crippen molar-refractivity contribution in [1.29, 1.82) is 0 Å². The highest BCUT2D eigenvalue weighted by Gasteiger charge is 2.15. The number of phenolic OH excluding ortho intramolecular Hbond substituents is 1. The number of nitro benzene ring substituents is 1. The van der Waals surface area contributed by atoms with E-state index in [9.17, 15) is 20.0 Å². The maximum Gasteiger partial charge on any atom is 0.271 e. The molecule has 0 spiro atoms. The Hall–Kier alpha value is -2.89. The summed E-state index contributed by atoms with van der Waals surface area (Å²) in [4.78, 5) is 22.2. The molecule has 1 atom stereocenters. The standard InChI is InChI=1S/C16H16N2O4/c1-11(12-5-3-2-4-6-12)9-16(20)17-14-10-13(18(21)22)7-8-15(14)19/h2-8,10-11,19H,9H2,1H3,(H,17,20). The molecular formula is C16H16N2O4. The summed E-state index contributed by atoms with van der Waals surface area (Å²) in [7, 11) is 0. The summed E-state index contributed by atoms with van der Waals surface area (Å²) in [5, 5.41) is 22.9. The van der Waals surface area contributed by atoms with Crippen LogP contribution < -0.4 is 5.32 Å². The van der Waals surface area contributed by atoms with E-state index >= 15 is 0 Å². The average Bonchev–Trinajstić information content (AvgIpc) is 2.50. The normalized spacial score (nSPS) is 11.7. The fraction of sp³-hybridized carbons (Fsp3) is 0.188. The molecule has 0 fully saturated rings. The number of hydrogen-bond donors (Lipinski definition) is 2. The fourth-order valence-electron chi connectivity index (χ4n) is 2.12. The monoisotopic (exact) mass is 300 g/mol. The molecule has 0 aliphatic heterocycles. The van der Waals surface area contributed by atoms with Crippen LogP contribution in [0.1, 0.15) is 24.8 Å². The van der Waals surface area contributed by atoms with Crippen molar-refractivity contribution in [1.82, 2.24) is 0 Å². The molecule has 0 radical (unpaired) electrons. The Morgan fingerprint density at radius 2 is 1.95 bits per heavy atom. The van der Waals surface area contributed by atoms with Crippen molar-refractivity contribution < 1.29 is 14.8 Å². The lowest BCUT2D eigenvalue weighted by molar-refractivity contribution is -0.384. The average molecular weight is 300 g/mol. The number of nitrogens with zero attached hydrogens (tertiary/aromatic N) is 1. The molecule has 2 aromatic rings. The van der Waals surface area contributed by atoms with Gasteiger partial charge < -0.3 is 10.4 Å². The molecule has 2 aromatic carbocycles. The summed E-state index contributed by atoms with van der Waals surface area (Å²) in [6.07, 6.45) is 0.214. The predicted octanol–water partition coefficient (Wildman–Crippen LogP) is 3.43. The van der Waals surface area contributed by atoms with Gasteiger partial charge in [-0.1, -0.05) is 37.3 Å². The summed E-state index contributed by atoms with van der Waals surface area (Å²) < 4.78 is 0. The second-order valence-electron chi connectivity index (χ2n) is 5.02. The van der Waals surface area contributed by atoms with Crippen molar-refractivity contribution >= 4 is 17.3 Å². The molecule has 2 rings (SSSR count). The van der Waals surface area contributed by atoms with E-state index in [4.69, 9.17) is 0 Å². The molecule has 0 aromatic heterocycles. The van der Waals surface area contributed by atoms with Crippen LogP contribution in [0.5, 0.6) is 5.75 Å². The number of benzene rings is 2. The zero-order chi connectivity index (χ0) is 16.1. The first-order valence-electron chi connectivity index (χ1n) is 6.79. The Labute approximate surface area is 127 Å². The van der Waals surface area contributed by atoms with Gasteiger partial charge in [0.25, 0.3) is 5.69 Å². The van der Waals surface area contributed by atoms with Crippen molar-refractivity contribution in [3.63, 3.8) is 0 Å². The van der Waals surface area contributed by atoms with Crippen molar-refractivity contribution in [2.75, 3.05) is 5.32 Å². The minimum atomic E-state index is -0.582. The van der Waals surface area contributed by atoms with E-state index in [1.54, 1.807) is 0 Å². The molecule has 0 heterocycles. The Bertz CT molecular complexity index is 686. The lowest BCUT2D eigenvalue weighted by Crippen LogP contribution is -2.14. The predicted molar refractivity (Wildman–Crippen MR) is 82.9 cm³/mol. The van der Waals surface area contributed by atoms with E-state index < -0.39 is 4.92 Å². The first-order valence-corrected chi connectivity index (χ1v) is 6.79. The van der Waals surface area contributed by atoms with Gasteiger partial charge in [-0.05, 0) is 17.5 Å². The quantitative estimate of drug-likeness (QED) is 0.502. The first-order chi connectivity index (χ1) is 10.5. The van der Waals surface area contributed by atoms with Crippen LogP contribution in [0.4, 0.5) is 11.4 Å². The maximum atomic E-state index is 12.0. The number of non-ortho nitro benzene ring substituents is 1. The molecule has 114 valence electrons. The number of carbonyl (C=O) groups is 1. The van der Waals surface area contributed by atoms with Gasteiger partial charge in [0.15, 0.2) is 0 Å². The van der Waals surface area contributed by atoms with Crippen LogP contribution in [0.15, 0.2) is 48.5 Å². The van der Waals surface area contributed by atoms with Gasteiger partial charge in [-0.25, -0.2) is 0 Å². The van der Waals surface area contributed by atoms with Crippen LogP contribution in [0.2, 0.25) is 0 Å². The first kappa shape index (κ1) is 15.5. The van der Waals surface area contributed by atoms with E-state index in [-0.39, 0.29) is 35.4 Å². The molecule has 1 amide bonds. The zero-order valence-electron chi connectivity index (χ0n) is 12.0. The summed E-state index contributed by atoms with van der Waals surface area (Å²) in [5.74, 6) is -0.513. The maximum absolute atomic E-state index is 12.0. The van der Waals surface area contributed by atoms with Crippen molar-refractivity contribution in [2.24, 2.45) is 0 Å². The molecule has 1 unspecified atom stereocenters. The number of phenols is 1. The molecule has 0 saturated heterocycles. The summed E-state index contributed by atoms with van der Waals surface area (Å²) >= 11 is 0. The van der Waals surface area contributed by atoms with Crippen LogP contribution in [0, 0.1) is 10.1 Å². The summed E-state index contributed by atoms with van der Waals surface area (Å²) in [6.45, 7) is 1.92. The Balaban J connectivity index is 2.06. The molecule has 6 nitrogen and oxygen atoms in total. The number of amides is 1. The van der Waals surface area contributed by atoms with Crippen LogP contribution in [0.25, 0.3) is 0 Å². The fourth-order valence-corrected chi connectivity index (χ4v) is 2.12. The van der Waals surface area contributed by atoms with Crippen LogP contribution in [0.3, 0.4) is 0 Å². The molecule has 0 saturated carbocycles. The number of rotatable bonds is 5. The van der Waals surface area contributed by atoms with Crippen LogP contribution in [-0.2, 0) is 4.79 Å². The molecule has 6 heteroatoms. The molecule has 22 heavy (non-hydrogen) atoms. The summed E-state index contributed by atoms with van der Waals surface area (Å²) in [5.41, 5.74) is 0.879. The van der Waals surface area contributed by atoms with Crippen molar-refractivity contribution in [3.05, 3.63) is 64.2 Å². The molecule has 2 N–H and O–H groups in total. The second-order valence-corrected chi connectivity index (χ2v) is 5.02. The third kappa shape index (κ3) is 3.82. The molecular weight excluding hydrogens is 284 g/mol. The smallest absolute Gasteiger partial charge is 0.271 e. The minimum Gasteiger partial charge on any atom is -0.506 e. The third-order valence-corrected chi connectivity index (χ3v) is 3.33. The Kier molecular flexibility index (Phi) is 4.73. The highest BCUT2D eigenvalue weighted by Crippen LogP contribution is 2.28. The minimum absolute atomic E-state index is 0.00189. The SMILES string of the molecule is CC(CC(=O)Nc1cc([N+](=O)[O-])ccc1O)c1ccccc1. The van der Waals surface area contributed by atoms with E-state index in [0.717, 1.165) is 11.6 Å². The van der Waals surface area contributed by atoms with Gasteiger partial charge in [0.1, 0.15) is 5.75 Å². The van der Waals surface area contributed by atoms with Crippen LogP contribution >= 0.6 is 0 Å². The zero-order valence-corrected chi connectivity index (χ0v) is 12.0. The molecule has 0 aliphatic rings. The lowest BCUT2D eigenvalue weighted by atomic mass is 9.97. The third-order valence-electron chi connectivity index (χ3n) is 3.33. The van der Waals surface area contributed by atoms with Gasteiger partial charge in [0.2, 0.25) is 5.91 Å². The second kappa shape index (κ2) is 6.71. The van der Waals surface area contributed by atoms with Gasteiger partial charge in [0, 0.05) is 18.6 Å². The number of hydrogen-bond acceptors (Lipinski definition) is 4. The van der Waals surface area contributed by atoms with Gasteiger partial charge in [-0.15, -0.1) is 0 Å². The Morgan fingerprint density at radius 1 is 1.27 bits per heavy atom. The van der Waals surface area contributed by atoms with Gasteiger partial charge in [-0.2, -0.15) is 0 Å². The highest BCUT2D eigenvalue weighted by molar-refractivity contribution is 5.93. The lowest BCUT2D eigenvalue weighted by Gasteiger charge is -2.12. The van der Waals surface area contributed by atoms with Crippen molar-refractivity contribution in [3.8, 4) is 5.75 Å². The molecule has 0 aliphatic carbocycles. The van der Waals surface area contributed by atoms with Gasteiger partial charge >= 0.3 is 0 Å². The summed E-state index contributed by atoms with van der Waals surface area (Å²) in [6, 6.07) is 13.1. The number of nitrogens with one attached hydrogen (secondary N) is 1. The van der Waals surface area contributed by atoms with E-state index in [2.05, 4.69) is 5.32 Å². The Morgan fingerprint density at radius 3 is 2.59 bits per heavy atom. The largest absolute Gasteiger partial charge is 0.506 e. The van der Waals surface area contributed by atoms with E-state index in [0.29, 0.717) is 0 Å². The van der Waals surface area contributed by atoms with Gasteiger partial charge in [0.05, 0.1) is 10.6 Å². The van der Waals surface area contributed by atoms with Gasteiger partial charge in [-0.3, -0.25) is 14.9 Å². The number of nitro groups is 1. The topological polar surface area (TPSA) is 92.5 Å². The number of anilines is 1.